The number of hydrogen-bond donors (Lipinski definition) is 0. The van der Waals surface area contributed by atoms with E-state index >= 15 is 0 Å². The second-order valence-corrected chi connectivity index (χ2v) is 10.6. The third-order valence-electron chi connectivity index (χ3n) is 7.87. The van der Waals surface area contributed by atoms with Crippen LogP contribution in [0.25, 0.3) is 5.69 Å². The first-order chi connectivity index (χ1) is 19.2. The number of fused-ring (bicyclic) bond motifs is 3. The van der Waals surface area contributed by atoms with Crippen molar-refractivity contribution in [1.29, 1.82) is 0 Å². The van der Waals surface area contributed by atoms with E-state index < -0.39 is 6.04 Å². The third kappa shape index (κ3) is 5.03. The van der Waals surface area contributed by atoms with Crippen molar-refractivity contribution in [1.82, 2.24) is 9.47 Å². The Morgan fingerprint density at radius 1 is 0.897 bits per heavy atom. The monoisotopic (exact) mass is 521 g/mol. The summed E-state index contributed by atoms with van der Waals surface area (Å²) in [5.74, 6) is 0.493. The number of nitrogens with zero attached hydrogens (tertiary/aromatic N) is 3. The van der Waals surface area contributed by atoms with Gasteiger partial charge in [-0.15, -0.1) is 0 Å². The van der Waals surface area contributed by atoms with Crippen LogP contribution >= 0.6 is 0 Å². The van der Waals surface area contributed by atoms with E-state index in [0.29, 0.717) is 11.3 Å². The van der Waals surface area contributed by atoms with Crippen LogP contribution in [0, 0.1) is 0 Å². The Morgan fingerprint density at radius 3 is 2.41 bits per heavy atom. The van der Waals surface area contributed by atoms with Crippen LogP contribution in [0.2, 0.25) is 0 Å². The summed E-state index contributed by atoms with van der Waals surface area (Å²) in [6, 6.07) is 23.3. The summed E-state index contributed by atoms with van der Waals surface area (Å²) >= 11 is 0. The van der Waals surface area contributed by atoms with Gasteiger partial charge in [-0.25, -0.2) is 0 Å². The second kappa shape index (κ2) is 11.0. The first kappa shape index (κ1) is 25.2. The van der Waals surface area contributed by atoms with Crippen molar-refractivity contribution in [2.45, 2.75) is 64.0 Å². The maximum atomic E-state index is 14.2. The van der Waals surface area contributed by atoms with Crippen LogP contribution in [0.3, 0.4) is 0 Å². The van der Waals surface area contributed by atoms with Crippen LogP contribution in [-0.4, -0.2) is 33.9 Å². The average molecular weight is 522 g/mol. The third-order valence-corrected chi connectivity index (χ3v) is 7.87. The van der Waals surface area contributed by atoms with Gasteiger partial charge in [0, 0.05) is 17.8 Å². The number of amides is 2. The Bertz CT molecular complexity index is 1430. The predicted molar refractivity (Wildman–Crippen MR) is 152 cm³/mol. The number of carbonyl (C=O) groups is 2. The highest BCUT2D eigenvalue weighted by atomic mass is 16.3. The fraction of sp³-hybridized carbons (Fsp3) is 0.333. The number of carbonyl (C=O) groups excluding carboxylic acids is 2. The highest BCUT2D eigenvalue weighted by molar-refractivity contribution is 6.02. The molecule has 0 N–H and O–H groups in total. The zero-order valence-corrected chi connectivity index (χ0v) is 22.5. The molecule has 2 aromatic carbocycles. The number of unbranched alkanes of at least 4 members (excludes halogenated alkanes) is 3. The number of anilines is 1. The highest BCUT2D eigenvalue weighted by Crippen LogP contribution is 2.42. The number of para-hydroxylation sites is 2. The van der Waals surface area contributed by atoms with Gasteiger partial charge in [0.15, 0.2) is 0 Å². The topological polar surface area (TPSA) is 58.7 Å². The first-order valence-electron chi connectivity index (χ1n) is 14.2. The Hall–Kier alpha value is -4.06. The second-order valence-electron chi connectivity index (χ2n) is 10.6. The van der Waals surface area contributed by atoms with Crippen molar-refractivity contribution >= 4 is 17.5 Å². The fourth-order valence-corrected chi connectivity index (χ4v) is 5.69. The molecule has 3 heterocycles. The molecule has 1 aliphatic carbocycles. The molecule has 2 aromatic heterocycles. The number of benzene rings is 2. The van der Waals surface area contributed by atoms with E-state index in [1.807, 2.05) is 71.8 Å². The van der Waals surface area contributed by atoms with Crippen LogP contribution in [0.1, 0.15) is 78.9 Å². The summed E-state index contributed by atoms with van der Waals surface area (Å²) in [5, 5.41) is 0. The highest BCUT2D eigenvalue weighted by Gasteiger charge is 2.41. The molecule has 6 rings (SSSR count). The lowest BCUT2D eigenvalue weighted by Gasteiger charge is -2.38. The zero-order chi connectivity index (χ0) is 26.8. The lowest BCUT2D eigenvalue weighted by atomic mass is 10.0. The van der Waals surface area contributed by atoms with Crippen molar-refractivity contribution in [3.63, 3.8) is 0 Å². The Morgan fingerprint density at radius 2 is 1.69 bits per heavy atom. The molecule has 6 nitrogen and oxygen atoms in total. The molecule has 0 bridgehead atoms. The molecule has 1 saturated carbocycles. The van der Waals surface area contributed by atoms with E-state index in [0.717, 1.165) is 36.3 Å². The predicted octanol–water partition coefficient (Wildman–Crippen LogP) is 6.93. The molecule has 200 valence electrons. The molecular formula is C33H35N3O3. The van der Waals surface area contributed by atoms with Gasteiger partial charge in [-0.1, -0.05) is 50.5 Å². The summed E-state index contributed by atoms with van der Waals surface area (Å²) in [5.41, 5.74) is 4.60. The van der Waals surface area contributed by atoms with Gasteiger partial charge >= 0.3 is 0 Å². The first-order valence-corrected chi connectivity index (χ1v) is 14.2. The van der Waals surface area contributed by atoms with Crippen molar-refractivity contribution in [2.75, 3.05) is 11.4 Å². The molecule has 0 spiro atoms. The molecule has 1 atom stereocenters. The molecule has 2 aliphatic rings. The molecule has 1 fully saturated rings. The van der Waals surface area contributed by atoms with E-state index in [9.17, 15) is 9.59 Å². The lowest BCUT2D eigenvalue weighted by Crippen LogP contribution is -2.47. The Labute approximate surface area is 229 Å². The minimum Gasteiger partial charge on any atom is -0.467 e. The molecule has 0 radical (unpaired) electrons. The number of aromatic nitrogens is 1. The molecule has 2 amide bonds. The van der Waals surface area contributed by atoms with Crippen LogP contribution < -0.4 is 4.90 Å². The number of aryl methyl sites for hydroxylation is 1. The fourth-order valence-electron chi connectivity index (χ4n) is 5.69. The normalized spacial score (nSPS) is 16.0. The molecule has 1 unspecified atom stereocenters. The van der Waals surface area contributed by atoms with E-state index in [1.165, 1.54) is 31.2 Å². The summed E-state index contributed by atoms with van der Waals surface area (Å²) in [4.78, 5) is 31.5. The van der Waals surface area contributed by atoms with Crippen molar-refractivity contribution in [3.05, 3.63) is 108 Å². The molecule has 1 aliphatic heterocycles. The minimum absolute atomic E-state index is 0.0223. The summed E-state index contributed by atoms with van der Waals surface area (Å²) in [6.07, 6.45) is 11.4. The van der Waals surface area contributed by atoms with Gasteiger partial charge in [0.05, 0.1) is 23.3 Å². The number of hydrogen-bond acceptors (Lipinski definition) is 3. The summed E-state index contributed by atoms with van der Waals surface area (Å²) in [6.45, 7) is 2.24. The van der Waals surface area contributed by atoms with Gasteiger partial charge < -0.3 is 13.9 Å². The molecule has 4 aromatic rings. The Kier molecular flexibility index (Phi) is 7.10. The van der Waals surface area contributed by atoms with E-state index in [4.69, 9.17) is 4.42 Å². The van der Waals surface area contributed by atoms with Gasteiger partial charge in [0.1, 0.15) is 18.3 Å². The Balaban J connectivity index is 1.26. The standard InChI is InChI=1S/C33H35N3O3/c1-2-3-4-5-10-24-15-17-25(18-16-24)33(38)35(26-19-20-26)23-31(37)36-28-12-7-6-11-27(28)34-21-8-13-29(34)32(36)30-14-9-22-39-30/h6-9,11-18,21-22,26,32H,2-5,10,19-20,23H2,1H3. The number of rotatable bonds is 10. The smallest absolute Gasteiger partial charge is 0.254 e. The van der Waals surface area contributed by atoms with Crippen LogP contribution in [0.4, 0.5) is 5.69 Å². The zero-order valence-electron chi connectivity index (χ0n) is 22.5. The van der Waals surface area contributed by atoms with Gasteiger partial charge in [0.25, 0.3) is 5.91 Å². The van der Waals surface area contributed by atoms with Crippen LogP contribution in [0.15, 0.2) is 89.7 Å². The largest absolute Gasteiger partial charge is 0.467 e. The molecule has 0 saturated heterocycles. The minimum atomic E-state index is -0.416. The maximum absolute atomic E-state index is 14.2. The summed E-state index contributed by atoms with van der Waals surface area (Å²) < 4.78 is 7.95. The molecule has 6 heteroatoms. The average Bonchev–Trinajstić information content (AvgIpc) is 3.43. The number of furan rings is 1. The maximum Gasteiger partial charge on any atom is 0.254 e. The van der Waals surface area contributed by atoms with Crippen molar-refractivity contribution in [2.24, 2.45) is 0 Å². The van der Waals surface area contributed by atoms with E-state index in [2.05, 4.69) is 23.6 Å². The van der Waals surface area contributed by atoms with Gasteiger partial charge in [-0.2, -0.15) is 0 Å². The van der Waals surface area contributed by atoms with Crippen LogP contribution in [0.5, 0.6) is 0 Å². The van der Waals surface area contributed by atoms with E-state index in [-0.39, 0.29) is 24.4 Å². The van der Waals surface area contributed by atoms with Crippen molar-refractivity contribution < 1.29 is 14.0 Å². The van der Waals surface area contributed by atoms with E-state index in [1.54, 1.807) is 11.2 Å². The van der Waals surface area contributed by atoms with Gasteiger partial charge in [-0.3, -0.25) is 14.5 Å². The lowest BCUT2D eigenvalue weighted by molar-refractivity contribution is -0.120. The molecular weight excluding hydrogens is 486 g/mol. The van der Waals surface area contributed by atoms with Gasteiger partial charge in [0.2, 0.25) is 5.91 Å². The van der Waals surface area contributed by atoms with Crippen molar-refractivity contribution in [3.8, 4) is 5.69 Å². The molecule has 39 heavy (non-hydrogen) atoms. The van der Waals surface area contributed by atoms with Crippen LogP contribution in [-0.2, 0) is 11.2 Å². The summed E-state index contributed by atoms with van der Waals surface area (Å²) in [7, 11) is 0. The van der Waals surface area contributed by atoms with Gasteiger partial charge in [-0.05, 0) is 79.8 Å². The SMILES string of the molecule is CCCCCCc1ccc(C(=O)N(CC(=O)N2c3ccccc3-n3cccc3C2c2ccco2)C2CC2)cc1. The quantitative estimate of drug-likeness (QED) is 0.213.